The first kappa shape index (κ1) is 14.1. The molecule has 7 nitrogen and oxygen atoms in total. The third kappa shape index (κ3) is 2.60. The van der Waals surface area contributed by atoms with Gasteiger partial charge in [-0.2, -0.15) is 5.21 Å². The summed E-state index contributed by atoms with van der Waals surface area (Å²) in [5.74, 6) is -0.300. The quantitative estimate of drug-likeness (QED) is 0.604. The van der Waals surface area contributed by atoms with E-state index >= 15 is 0 Å². The lowest BCUT2D eigenvalue weighted by atomic mass is 10.2. The average molecular weight is 323 g/mol. The minimum Gasteiger partial charge on any atom is -0.451 e. The minimum atomic E-state index is -0.433. The smallest absolute Gasteiger partial charge is 0.291 e. The molecule has 0 spiro atoms. The molecular weight excluding hydrogens is 313 g/mol. The molecule has 0 aliphatic carbocycles. The summed E-state index contributed by atoms with van der Waals surface area (Å²) >= 11 is 0. The van der Waals surface area contributed by atoms with Gasteiger partial charge in [-0.1, -0.05) is 12.1 Å². The first-order chi connectivity index (χ1) is 11.7. The summed E-state index contributed by atoms with van der Waals surface area (Å²) in [5.41, 5.74) is 1.70. The number of aromatic amines is 1. The van der Waals surface area contributed by atoms with Crippen LogP contribution in [0.4, 0.5) is 10.1 Å². The molecule has 0 atom stereocenters. The Morgan fingerprint density at radius 1 is 1.17 bits per heavy atom. The van der Waals surface area contributed by atoms with E-state index < -0.39 is 5.91 Å². The minimum absolute atomic E-state index is 0.0977. The second kappa shape index (κ2) is 5.58. The number of anilines is 1. The van der Waals surface area contributed by atoms with Gasteiger partial charge in [0.1, 0.15) is 11.4 Å². The number of aromatic nitrogens is 4. The molecule has 0 saturated heterocycles. The van der Waals surface area contributed by atoms with Crippen molar-refractivity contribution < 1.29 is 13.6 Å². The topological polar surface area (TPSA) is 96.7 Å². The Balaban J connectivity index is 1.60. The Bertz CT molecular complexity index is 1030. The highest BCUT2D eigenvalue weighted by Gasteiger charge is 2.13. The molecule has 0 aliphatic heterocycles. The largest absolute Gasteiger partial charge is 0.451 e. The van der Waals surface area contributed by atoms with Crippen molar-refractivity contribution in [3.63, 3.8) is 0 Å². The molecule has 2 aromatic carbocycles. The van der Waals surface area contributed by atoms with Gasteiger partial charge in [0.2, 0.25) is 5.82 Å². The number of halogens is 1. The van der Waals surface area contributed by atoms with Gasteiger partial charge in [0.15, 0.2) is 5.76 Å². The van der Waals surface area contributed by atoms with E-state index in [0.717, 1.165) is 0 Å². The van der Waals surface area contributed by atoms with Crippen LogP contribution in [0.5, 0.6) is 0 Å². The first-order valence-electron chi connectivity index (χ1n) is 7.03. The van der Waals surface area contributed by atoms with E-state index in [1.165, 1.54) is 24.3 Å². The predicted octanol–water partition coefficient (Wildman–Crippen LogP) is 3.00. The highest BCUT2D eigenvalue weighted by atomic mass is 19.1. The van der Waals surface area contributed by atoms with Gasteiger partial charge >= 0.3 is 0 Å². The lowest BCUT2D eigenvalue weighted by molar-refractivity contribution is 0.0998. The molecule has 2 heterocycles. The van der Waals surface area contributed by atoms with Gasteiger partial charge in [-0.25, -0.2) is 4.39 Å². The van der Waals surface area contributed by atoms with Crippen LogP contribution in [0.1, 0.15) is 10.6 Å². The third-order valence-electron chi connectivity index (χ3n) is 3.43. The van der Waals surface area contributed by atoms with E-state index in [1.54, 1.807) is 24.3 Å². The van der Waals surface area contributed by atoms with E-state index in [2.05, 4.69) is 25.9 Å². The highest BCUT2D eigenvalue weighted by molar-refractivity contribution is 6.04. The molecule has 0 aliphatic rings. The Kier molecular flexibility index (Phi) is 3.27. The fourth-order valence-electron chi connectivity index (χ4n) is 2.34. The van der Waals surface area contributed by atoms with Crippen molar-refractivity contribution in [1.29, 1.82) is 0 Å². The van der Waals surface area contributed by atoms with Gasteiger partial charge in [-0.05, 0) is 41.6 Å². The van der Waals surface area contributed by atoms with Crippen LogP contribution in [0.2, 0.25) is 0 Å². The Hall–Kier alpha value is -3.55. The van der Waals surface area contributed by atoms with Crippen LogP contribution in [0.25, 0.3) is 22.4 Å². The monoisotopic (exact) mass is 323 g/mol. The standard InChI is InChI=1S/C16H10FN5O2/c17-11-4-5-13-10(6-11)8-14(24-13)16(23)18-12-3-1-2-9(7-12)15-19-21-22-20-15/h1-8H,(H,18,23)(H,19,20,21,22). The number of furan rings is 1. The Labute approximate surface area is 134 Å². The number of carbonyl (C=O) groups is 1. The molecule has 0 fully saturated rings. The van der Waals surface area contributed by atoms with Gasteiger partial charge < -0.3 is 9.73 Å². The van der Waals surface area contributed by atoms with Crippen LogP contribution in [0.15, 0.2) is 52.9 Å². The van der Waals surface area contributed by atoms with E-state index in [4.69, 9.17) is 4.42 Å². The van der Waals surface area contributed by atoms with E-state index in [9.17, 15) is 9.18 Å². The SMILES string of the molecule is O=C(Nc1cccc(-c2nn[nH]n2)c1)c1cc2cc(F)ccc2o1. The molecule has 2 N–H and O–H groups in total. The first-order valence-corrected chi connectivity index (χ1v) is 7.03. The van der Waals surface area contributed by atoms with Crippen LogP contribution in [-0.4, -0.2) is 26.5 Å². The van der Waals surface area contributed by atoms with Crippen molar-refractivity contribution in [1.82, 2.24) is 20.6 Å². The highest BCUT2D eigenvalue weighted by Crippen LogP contribution is 2.22. The van der Waals surface area contributed by atoms with E-state index in [1.807, 2.05) is 0 Å². The summed E-state index contributed by atoms with van der Waals surface area (Å²) in [5, 5.41) is 16.9. The fourth-order valence-corrected chi connectivity index (χ4v) is 2.34. The molecule has 0 bridgehead atoms. The number of H-pyrrole nitrogens is 1. The number of amides is 1. The lowest BCUT2D eigenvalue weighted by Gasteiger charge is -2.04. The Morgan fingerprint density at radius 3 is 2.92 bits per heavy atom. The van der Waals surface area contributed by atoms with Gasteiger partial charge in [-0.3, -0.25) is 4.79 Å². The summed E-state index contributed by atoms with van der Waals surface area (Å²) in [6.45, 7) is 0. The normalized spacial score (nSPS) is 10.9. The van der Waals surface area contributed by atoms with Crippen LogP contribution >= 0.6 is 0 Å². The molecule has 0 radical (unpaired) electrons. The van der Waals surface area contributed by atoms with Gasteiger partial charge in [0, 0.05) is 16.6 Å². The number of carbonyl (C=O) groups excluding carboxylic acids is 1. The molecule has 4 rings (SSSR count). The summed E-state index contributed by atoms with van der Waals surface area (Å²) in [7, 11) is 0. The molecule has 0 saturated carbocycles. The zero-order valence-corrected chi connectivity index (χ0v) is 12.2. The van der Waals surface area contributed by atoms with E-state index in [0.29, 0.717) is 28.0 Å². The van der Waals surface area contributed by atoms with Crippen LogP contribution in [-0.2, 0) is 0 Å². The number of hydrogen-bond acceptors (Lipinski definition) is 5. The van der Waals surface area contributed by atoms with Gasteiger partial charge in [0.25, 0.3) is 5.91 Å². The molecule has 118 valence electrons. The molecule has 24 heavy (non-hydrogen) atoms. The Morgan fingerprint density at radius 2 is 2.08 bits per heavy atom. The molecular formula is C16H10FN5O2. The predicted molar refractivity (Wildman–Crippen MR) is 83.7 cm³/mol. The van der Waals surface area contributed by atoms with Crippen molar-refractivity contribution in [2.75, 3.05) is 5.32 Å². The zero-order chi connectivity index (χ0) is 16.5. The van der Waals surface area contributed by atoms with Crippen molar-refractivity contribution in [3.05, 3.63) is 60.1 Å². The summed E-state index contributed by atoms with van der Waals surface area (Å²) in [6.07, 6.45) is 0. The lowest BCUT2D eigenvalue weighted by Crippen LogP contribution is -2.10. The van der Waals surface area contributed by atoms with Crippen molar-refractivity contribution >= 4 is 22.6 Å². The van der Waals surface area contributed by atoms with Crippen LogP contribution in [0.3, 0.4) is 0 Å². The third-order valence-corrected chi connectivity index (χ3v) is 3.43. The summed E-state index contributed by atoms with van der Waals surface area (Å²) < 4.78 is 18.7. The van der Waals surface area contributed by atoms with E-state index in [-0.39, 0.29) is 11.6 Å². The maximum absolute atomic E-state index is 13.2. The van der Waals surface area contributed by atoms with Crippen LogP contribution < -0.4 is 5.32 Å². The second-order valence-electron chi connectivity index (χ2n) is 5.06. The second-order valence-corrected chi connectivity index (χ2v) is 5.06. The zero-order valence-electron chi connectivity index (χ0n) is 12.2. The molecule has 0 unspecified atom stereocenters. The number of rotatable bonds is 3. The maximum atomic E-state index is 13.2. The van der Waals surface area contributed by atoms with Crippen LogP contribution in [0, 0.1) is 5.82 Å². The number of nitrogens with zero attached hydrogens (tertiary/aromatic N) is 3. The number of benzene rings is 2. The number of hydrogen-bond donors (Lipinski definition) is 2. The summed E-state index contributed by atoms with van der Waals surface area (Å²) in [6, 6.07) is 12.6. The molecule has 4 aromatic rings. The van der Waals surface area contributed by atoms with Gasteiger partial charge in [-0.15, -0.1) is 10.2 Å². The maximum Gasteiger partial charge on any atom is 0.291 e. The molecule has 1 amide bonds. The summed E-state index contributed by atoms with van der Waals surface area (Å²) in [4.78, 5) is 12.3. The van der Waals surface area contributed by atoms with Crippen molar-refractivity contribution in [3.8, 4) is 11.4 Å². The average Bonchev–Trinajstić information content (AvgIpc) is 3.24. The van der Waals surface area contributed by atoms with Crippen molar-refractivity contribution in [2.24, 2.45) is 0 Å². The molecule has 2 aromatic heterocycles. The fraction of sp³-hybridized carbons (Fsp3) is 0. The number of nitrogens with one attached hydrogen (secondary N) is 2. The number of fused-ring (bicyclic) bond motifs is 1. The van der Waals surface area contributed by atoms with Gasteiger partial charge in [0.05, 0.1) is 0 Å². The number of tetrazole rings is 1. The van der Waals surface area contributed by atoms with Crippen molar-refractivity contribution in [2.45, 2.75) is 0 Å². The molecule has 8 heteroatoms.